The lowest BCUT2D eigenvalue weighted by atomic mass is 9.76. The van der Waals surface area contributed by atoms with E-state index in [2.05, 4.69) is 0 Å². The molecule has 3 fully saturated rings. The van der Waals surface area contributed by atoms with Crippen LogP contribution in [0.15, 0.2) is 0 Å². The summed E-state index contributed by atoms with van der Waals surface area (Å²) < 4.78 is 23.0. The Morgan fingerprint density at radius 3 is 2.45 bits per heavy atom. The van der Waals surface area contributed by atoms with E-state index in [1.807, 2.05) is 4.90 Å². The average molecular weight is 329 g/mol. The van der Waals surface area contributed by atoms with Crippen molar-refractivity contribution < 1.29 is 18.3 Å². The van der Waals surface area contributed by atoms with Gasteiger partial charge in [0.2, 0.25) is 5.91 Å². The Labute approximate surface area is 133 Å². The topological polar surface area (TPSA) is 74.7 Å². The molecule has 0 aromatic rings. The number of hydrogen-bond acceptors (Lipinski definition) is 4. The molecule has 126 valence electrons. The Balaban J connectivity index is 1.62. The van der Waals surface area contributed by atoms with Gasteiger partial charge in [0.15, 0.2) is 0 Å². The van der Waals surface area contributed by atoms with Crippen molar-refractivity contribution in [1.82, 2.24) is 4.90 Å². The summed E-state index contributed by atoms with van der Waals surface area (Å²) >= 11 is 0. The molecule has 3 aliphatic rings. The summed E-state index contributed by atoms with van der Waals surface area (Å²) in [6.45, 7) is 1.57. The maximum absolute atomic E-state index is 12.7. The highest BCUT2D eigenvalue weighted by Gasteiger charge is 2.42. The van der Waals surface area contributed by atoms with Crippen LogP contribution in [-0.4, -0.2) is 55.5 Å². The number of hydrogen-bond donors (Lipinski definition) is 1. The second-order valence-electron chi connectivity index (χ2n) is 7.60. The van der Waals surface area contributed by atoms with E-state index in [9.17, 15) is 18.3 Å². The number of carbonyl (C=O) groups excluding carboxylic acids is 1. The van der Waals surface area contributed by atoms with Crippen molar-refractivity contribution in [3.05, 3.63) is 0 Å². The third kappa shape index (κ3) is 3.65. The predicted octanol–water partition coefficient (Wildman–Crippen LogP) is 1.21. The summed E-state index contributed by atoms with van der Waals surface area (Å²) in [6.07, 6.45) is 6.43. The van der Waals surface area contributed by atoms with Gasteiger partial charge in [-0.25, -0.2) is 8.42 Å². The molecule has 0 spiro atoms. The van der Waals surface area contributed by atoms with Gasteiger partial charge in [-0.3, -0.25) is 4.79 Å². The number of rotatable bonds is 4. The summed E-state index contributed by atoms with van der Waals surface area (Å²) in [5.74, 6) is 0.999. The number of aliphatic hydroxyl groups excluding tert-OH is 1. The molecule has 1 atom stereocenters. The molecule has 0 bridgehead atoms. The largest absolute Gasteiger partial charge is 0.396 e. The highest BCUT2D eigenvalue weighted by Crippen LogP contribution is 2.44. The number of amides is 1. The minimum absolute atomic E-state index is 0.114. The van der Waals surface area contributed by atoms with Crippen molar-refractivity contribution in [2.24, 2.45) is 17.3 Å². The van der Waals surface area contributed by atoms with E-state index in [0.717, 1.165) is 31.7 Å². The van der Waals surface area contributed by atoms with E-state index >= 15 is 0 Å². The molecule has 1 saturated carbocycles. The van der Waals surface area contributed by atoms with E-state index in [4.69, 9.17) is 0 Å². The Morgan fingerprint density at radius 1 is 1.18 bits per heavy atom. The number of aliphatic hydroxyl groups is 1. The molecule has 0 radical (unpaired) electrons. The molecule has 1 aliphatic carbocycles. The molecule has 22 heavy (non-hydrogen) atoms. The van der Waals surface area contributed by atoms with Crippen LogP contribution in [0.3, 0.4) is 0 Å². The van der Waals surface area contributed by atoms with Gasteiger partial charge >= 0.3 is 0 Å². The summed E-state index contributed by atoms with van der Waals surface area (Å²) in [5, 5.41) is 9.88. The van der Waals surface area contributed by atoms with Crippen molar-refractivity contribution in [3.8, 4) is 0 Å². The van der Waals surface area contributed by atoms with Crippen molar-refractivity contribution in [2.45, 2.75) is 44.9 Å². The van der Waals surface area contributed by atoms with Gasteiger partial charge in [-0.1, -0.05) is 12.8 Å². The van der Waals surface area contributed by atoms with Crippen LogP contribution in [0.2, 0.25) is 0 Å². The lowest BCUT2D eigenvalue weighted by Crippen LogP contribution is -2.50. The highest BCUT2D eigenvalue weighted by molar-refractivity contribution is 7.91. The highest BCUT2D eigenvalue weighted by atomic mass is 32.2. The first-order valence-corrected chi connectivity index (χ1v) is 10.4. The Bertz CT molecular complexity index is 514. The first kappa shape index (κ1) is 16.2. The van der Waals surface area contributed by atoms with Crippen molar-refractivity contribution in [3.63, 3.8) is 0 Å². The third-order valence-corrected chi connectivity index (χ3v) is 7.35. The van der Waals surface area contributed by atoms with Gasteiger partial charge in [-0.2, -0.15) is 0 Å². The summed E-state index contributed by atoms with van der Waals surface area (Å²) in [4.78, 5) is 14.6. The number of piperidine rings is 1. The predicted molar refractivity (Wildman–Crippen MR) is 84.1 cm³/mol. The van der Waals surface area contributed by atoms with E-state index in [-0.39, 0.29) is 35.4 Å². The Kier molecular flexibility index (Phi) is 4.52. The minimum Gasteiger partial charge on any atom is -0.396 e. The second-order valence-corrected chi connectivity index (χ2v) is 9.90. The monoisotopic (exact) mass is 329 g/mol. The van der Waals surface area contributed by atoms with E-state index < -0.39 is 9.84 Å². The van der Waals surface area contributed by atoms with Crippen LogP contribution in [0, 0.1) is 17.3 Å². The third-order valence-electron chi connectivity index (χ3n) is 5.63. The smallest absolute Gasteiger partial charge is 0.225 e. The first-order valence-electron chi connectivity index (χ1n) is 8.53. The fourth-order valence-electron chi connectivity index (χ4n) is 4.09. The maximum atomic E-state index is 12.7. The molecule has 0 aromatic heterocycles. The van der Waals surface area contributed by atoms with Crippen molar-refractivity contribution in [1.29, 1.82) is 0 Å². The van der Waals surface area contributed by atoms with Crippen LogP contribution in [0.5, 0.6) is 0 Å². The van der Waals surface area contributed by atoms with E-state index in [1.54, 1.807) is 0 Å². The zero-order chi connectivity index (χ0) is 15.8. The maximum Gasteiger partial charge on any atom is 0.225 e. The van der Waals surface area contributed by atoms with Crippen molar-refractivity contribution >= 4 is 15.7 Å². The van der Waals surface area contributed by atoms with Crippen LogP contribution < -0.4 is 0 Å². The molecular formula is C16H27NO4S. The van der Waals surface area contributed by atoms with Crippen LogP contribution in [0.25, 0.3) is 0 Å². The molecule has 1 amide bonds. The molecule has 3 rings (SSSR count). The van der Waals surface area contributed by atoms with Crippen LogP contribution in [0.1, 0.15) is 44.9 Å². The molecule has 0 unspecified atom stereocenters. The second kappa shape index (κ2) is 6.11. The van der Waals surface area contributed by atoms with Gasteiger partial charge in [0.1, 0.15) is 9.84 Å². The van der Waals surface area contributed by atoms with E-state index in [1.165, 1.54) is 12.8 Å². The Morgan fingerprint density at radius 2 is 1.86 bits per heavy atom. The molecule has 2 saturated heterocycles. The molecule has 2 aliphatic heterocycles. The quantitative estimate of drug-likeness (QED) is 0.841. The molecular weight excluding hydrogens is 302 g/mol. The van der Waals surface area contributed by atoms with Gasteiger partial charge in [0.25, 0.3) is 0 Å². The molecule has 1 N–H and O–H groups in total. The van der Waals surface area contributed by atoms with Crippen LogP contribution >= 0.6 is 0 Å². The van der Waals surface area contributed by atoms with Crippen LogP contribution in [0.4, 0.5) is 0 Å². The summed E-state index contributed by atoms with van der Waals surface area (Å²) in [5.41, 5.74) is -0.115. The summed E-state index contributed by atoms with van der Waals surface area (Å²) in [7, 11) is -2.93. The van der Waals surface area contributed by atoms with Gasteiger partial charge in [0.05, 0.1) is 18.1 Å². The van der Waals surface area contributed by atoms with Gasteiger partial charge in [-0.15, -0.1) is 0 Å². The van der Waals surface area contributed by atoms with Gasteiger partial charge in [-0.05, 0) is 38.0 Å². The zero-order valence-corrected chi connectivity index (χ0v) is 14.0. The van der Waals surface area contributed by atoms with Crippen LogP contribution in [-0.2, 0) is 14.6 Å². The molecule has 6 heteroatoms. The Hall–Kier alpha value is -0.620. The number of carbonyl (C=O) groups is 1. The SMILES string of the molecule is O=C(C1CCS(=O)(=O)CC1)N1CCC[C@](CO)(CC2CC2)C1. The standard InChI is InChI=1S/C16H27NO4S/c18-12-16(10-13-2-3-13)6-1-7-17(11-16)15(19)14-4-8-22(20,21)9-5-14/h13-14,18H,1-12H2/t16-/m0/s1. The number of sulfone groups is 1. The van der Waals surface area contributed by atoms with Crippen molar-refractivity contribution in [2.75, 3.05) is 31.2 Å². The number of nitrogens with zero attached hydrogens (tertiary/aromatic N) is 1. The average Bonchev–Trinajstić information content (AvgIpc) is 3.30. The first-order chi connectivity index (χ1) is 10.4. The van der Waals surface area contributed by atoms with E-state index in [0.29, 0.717) is 19.4 Å². The molecule has 5 nitrogen and oxygen atoms in total. The fourth-order valence-corrected chi connectivity index (χ4v) is 5.58. The lowest BCUT2D eigenvalue weighted by Gasteiger charge is -2.43. The lowest BCUT2D eigenvalue weighted by molar-refractivity contribution is -0.140. The normalized spacial score (nSPS) is 32.9. The zero-order valence-electron chi connectivity index (χ0n) is 13.2. The molecule has 2 heterocycles. The van der Waals surface area contributed by atoms with Gasteiger partial charge < -0.3 is 10.0 Å². The van der Waals surface area contributed by atoms with Gasteiger partial charge in [0, 0.05) is 24.4 Å². The summed E-state index contributed by atoms with van der Waals surface area (Å²) in [6, 6.07) is 0. The minimum atomic E-state index is -2.93. The fraction of sp³-hybridized carbons (Fsp3) is 0.938. The molecule has 0 aromatic carbocycles. The number of likely N-dealkylation sites (tertiary alicyclic amines) is 1.